The lowest BCUT2D eigenvalue weighted by Crippen LogP contribution is -2.10. The molecule has 0 aliphatic carbocycles. The van der Waals surface area contributed by atoms with Crippen LogP contribution in [0.3, 0.4) is 0 Å². The highest BCUT2D eigenvalue weighted by molar-refractivity contribution is 6.11. The van der Waals surface area contributed by atoms with Gasteiger partial charge in [0.15, 0.2) is 0 Å². The topological polar surface area (TPSA) is 16.4 Å². The Kier molecular flexibility index (Phi) is 6.53. The van der Waals surface area contributed by atoms with E-state index in [0.29, 0.717) is 0 Å². The number of nitrogens with zero attached hydrogens (tertiary/aromatic N) is 1. The van der Waals surface area contributed by atoms with Crippen LogP contribution in [0.5, 0.6) is 0 Å². The fourth-order valence-corrected chi connectivity index (χ4v) is 7.45. The van der Waals surface area contributed by atoms with Gasteiger partial charge in [-0.3, -0.25) is 0 Å². The lowest BCUT2D eigenvalue weighted by Gasteiger charge is -2.27. The summed E-state index contributed by atoms with van der Waals surface area (Å²) in [6.07, 6.45) is 0. The molecule has 0 spiro atoms. The quantitative estimate of drug-likeness (QED) is 0.187. The number of furan rings is 1. The first kappa shape index (κ1) is 28.4. The van der Waals surface area contributed by atoms with Crippen molar-refractivity contribution in [1.82, 2.24) is 0 Å². The summed E-state index contributed by atoms with van der Waals surface area (Å²) >= 11 is 0. The van der Waals surface area contributed by atoms with Crippen LogP contribution in [0.15, 0.2) is 192 Å². The zero-order chi connectivity index (χ0) is 33.0. The average molecular weight is 638 g/mol. The van der Waals surface area contributed by atoms with Crippen LogP contribution >= 0.6 is 0 Å². The Hall–Kier alpha value is -6.64. The average Bonchev–Trinajstić information content (AvgIpc) is 3.54. The summed E-state index contributed by atoms with van der Waals surface area (Å²) in [5.74, 6) is 0. The summed E-state index contributed by atoms with van der Waals surface area (Å²) in [7, 11) is 0. The maximum atomic E-state index is 6.38. The number of anilines is 3. The molecule has 0 saturated heterocycles. The van der Waals surface area contributed by atoms with Crippen molar-refractivity contribution in [3.05, 3.63) is 188 Å². The minimum atomic E-state index is 0.888. The lowest BCUT2D eigenvalue weighted by molar-refractivity contribution is 0.669. The van der Waals surface area contributed by atoms with Crippen molar-refractivity contribution in [2.24, 2.45) is 0 Å². The third-order valence-electron chi connectivity index (χ3n) is 10.0. The van der Waals surface area contributed by atoms with E-state index < -0.39 is 0 Å². The van der Waals surface area contributed by atoms with Crippen molar-refractivity contribution in [3.63, 3.8) is 0 Å². The van der Waals surface area contributed by atoms with Crippen LogP contribution in [0.1, 0.15) is 0 Å². The van der Waals surface area contributed by atoms with E-state index in [0.717, 1.165) is 39.0 Å². The van der Waals surface area contributed by atoms with E-state index >= 15 is 0 Å². The fourth-order valence-electron chi connectivity index (χ4n) is 7.45. The second-order valence-corrected chi connectivity index (χ2v) is 13.0. The maximum absolute atomic E-state index is 6.38. The molecular formula is C48H31NO. The molecular weight excluding hydrogens is 607 g/mol. The molecule has 0 amide bonds. The van der Waals surface area contributed by atoms with Crippen molar-refractivity contribution in [2.45, 2.75) is 0 Å². The molecule has 2 heteroatoms. The first-order valence-electron chi connectivity index (χ1n) is 17.1. The van der Waals surface area contributed by atoms with Crippen LogP contribution in [0.4, 0.5) is 17.1 Å². The second kappa shape index (κ2) is 11.5. The molecule has 0 atom stereocenters. The molecule has 50 heavy (non-hydrogen) atoms. The molecule has 0 saturated carbocycles. The Morgan fingerprint density at radius 2 is 0.840 bits per heavy atom. The summed E-state index contributed by atoms with van der Waals surface area (Å²) in [6.45, 7) is 0. The van der Waals surface area contributed by atoms with Crippen molar-refractivity contribution in [1.29, 1.82) is 0 Å². The Labute approximate surface area is 290 Å². The van der Waals surface area contributed by atoms with E-state index in [2.05, 4.69) is 193 Å². The molecule has 10 aromatic rings. The molecule has 10 rings (SSSR count). The van der Waals surface area contributed by atoms with Crippen molar-refractivity contribution < 1.29 is 4.42 Å². The minimum absolute atomic E-state index is 0.888. The minimum Gasteiger partial charge on any atom is -0.456 e. The molecule has 0 unspecified atom stereocenters. The predicted molar refractivity (Wildman–Crippen MR) is 212 cm³/mol. The van der Waals surface area contributed by atoms with Crippen LogP contribution in [-0.2, 0) is 0 Å². The SMILES string of the molecule is c1ccc2cc(-c3ccc(-c4ccc(N(c5ccc6oc7cc8ccccc8cc7c6c5)c5cccc6ccccc56)cc4)cc3)ccc2c1. The van der Waals surface area contributed by atoms with E-state index in [1.807, 2.05) is 0 Å². The van der Waals surface area contributed by atoms with Gasteiger partial charge in [0.05, 0.1) is 5.69 Å². The summed E-state index contributed by atoms with van der Waals surface area (Å²) < 4.78 is 6.38. The molecule has 0 fully saturated rings. The molecule has 0 bridgehead atoms. The highest BCUT2D eigenvalue weighted by Crippen LogP contribution is 2.42. The van der Waals surface area contributed by atoms with Crippen molar-refractivity contribution in [2.75, 3.05) is 4.90 Å². The van der Waals surface area contributed by atoms with Gasteiger partial charge in [0.1, 0.15) is 11.2 Å². The van der Waals surface area contributed by atoms with Gasteiger partial charge in [-0.2, -0.15) is 0 Å². The fraction of sp³-hybridized carbons (Fsp3) is 0. The van der Waals surface area contributed by atoms with Crippen molar-refractivity contribution >= 4 is 71.3 Å². The summed E-state index contributed by atoms with van der Waals surface area (Å²) in [4.78, 5) is 2.37. The number of rotatable bonds is 5. The Balaban J connectivity index is 1.06. The largest absolute Gasteiger partial charge is 0.456 e. The summed E-state index contributed by atoms with van der Waals surface area (Å²) in [5.41, 5.74) is 9.92. The van der Waals surface area contributed by atoms with Gasteiger partial charge in [-0.15, -0.1) is 0 Å². The van der Waals surface area contributed by atoms with E-state index in [4.69, 9.17) is 4.42 Å². The molecule has 2 nitrogen and oxygen atoms in total. The Morgan fingerprint density at radius 3 is 1.60 bits per heavy atom. The Morgan fingerprint density at radius 1 is 0.300 bits per heavy atom. The first-order valence-corrected chi connectivity index (χ1v) is 17.1. The number of benzene rings is 9. The number of fused-ring (bicyclic) bond motifs is 6. The van der Waals surface area contributed by atoms with E-state index in [-0.39, 0.29) is 0 Å². The van der Waals surface area contributed by atoms with Crippen LogP contribution in [-0.4, -0.2) is 0 Å². The molecule has 234 valence electrons. The van der Waals surface area contributed by atoms with Gasteiger partial charge in [-0.25, -0.2) is 0 Å². The van der Waals surface area contributed by atoms with Gasteiger partial charge in [0.2, 0.25) is 0 Å². The summed E-state index contributed by atoms with van der Waals surface area (Å²) in [5, 5.41) is 9.55. The predicted octanol–water partition coefficient (Wildman–Crippen LogP) is 13.8. The smallest absolute Gasteiger partial charge is 0.136 e. The van der Waals surface area contributed by atoms with E-state index in [1.165, 1.54) is 54.6 Å². The van der Waals surface area contributed by atoms with Crippen LogP contribution < -0.4 is 4.90 Å². The molecule has 1 aromatic heterocycles. The van der Waals surface area contributed by atoms with Gasteiger partial charge < -0.3 is 9.32 Å². The summed E-state index contributed by atoms with van der Waals surface area (Å²) in [6, 6.07) is 67.6. The van der Waals surface area contributed by atoms with Gasteiger partial charge >= 0.3 is 0 Å². The molecule has 1 heterocycles. The zero-order valence-corrected chi connectivity index (χ0v) is 27.3. The van der Waals surface area contributed by atoms with Gasteiger partial charge in [0, 0.05) is 27.5 Å². The zero-order valence-electron chi connectivity index (χ0n) is 27.3. The van der Waals surface area contributed by atoms with Gasteiger partial charge in [-0.1, -0.05) is 133 Å². The highest BCUT2D eigenvalue weighted by atomic mass is 16.3. The normalized spacial score (nSPS) is 11.6. The first-order chi connectivity index (χ1) is 24.7. The van der Waals surface area contributed by atoms with Crippen molar-refractivity contribution in [3.8, 4) is 22.3 Å². The van der Waals surface area contributed by atoms with Crippen LogP contribution in [0.25, 0.3) is 76.5 Å². The second-order valence-electron chi connectivity index (χ2n) is 13.0. The molecule has 0 aliphatic rings. The van der Waals surface area contributed by atoms with Crippen LogP contribution in [0, 0.1) is 0 Å². The molecule has 0 radical (unpaired) electrons. The standard InChI is InChI=1S/C48H31NO/c1-2-10-37-28-40(21-20-32(37)8-1)35-18-16-33(17-19-35)34-22-24-41(25-23-34)49(46-15-7-13-36-9-5-6-14-43(36)46)42-26-27-47-45(31-42)44-29-38-11-3-4-12-39(38)30-48(44)50-47/h1-31H. The van der Waals surface area contributed by atoms with E-state index in [9.17, 15) is 0 Å². The third-order valence-corrected chi connectivity index (χ3v) is 10.0. The number of hydrogen-bond donors (Lipinski definition) is 0. The molecule has 0 N–H and O–H groups in total. The molecule has 9 aromatic carbocycles. The van der Waals surface area contributed by atoms with Crippen LogP contribution in [0.2, 0.25) is 0 Å². The third kappa shape index (κ3) is 4.81. The highest BCUT2D eigenvalue weighted by Gasteiger charge is 2.18. The Bertz CT molecular complexity index is 2860. The number of hydrogen-bond acceptors (Lipinski definition) is 2. The monoisotopic (exact) mass is 637 g/mol. The molecule has 0 aliphatic heterocycles. The lowest BCUT2D eigenvalue weighted by atomic mass is 9.98. The van der Waals surface area contributed by atoms with Gasteiger partial charge in [0.25, 0.3) is 0 Å². The van der Waals surface area contributed by atoms with E-state index in [1.54, 1.807) is 0 Å². The van der Waals surface area contributed by atoms with Gasteiger partial charge in [-0.05, 0) is 104 Å². The maximum Gasteiger partial charge on any atom is 0.136 e.